The van der Waals surface area contributed by atoms with Gasteiger partial charge in [-0.15, -0.1) is 0 Å². The van der Waals surface area contributed by atoms with E-state index >= 15 is 0 Å². The Morgan fingerprint density at radius 1 is 0.923 bits per heavy atom. The Balaban J connectivity index is 1.60. The quantitative estimate of drug-likeness (QED) is 0.633. The first kappa shape index (κ1) is 17.5. The molecule has 0 unspecified atom stereocenters. The summed E-state index contributed by atoms with van der Waals surface area (Å²) >= 11 is 0. The average Bonchev–Trinajstić information content (AvgIpc) is 2.69. The first-order valence-corrected chi connectivity index (χ1v) is 8.46. The van der Waals surface area contributed by atoms with Gasteiger partial charge in [-0.1, -0.05) is 12.1 Å². The number of hydrogen-bond donors (Lipinski definition) is 2. The van der Waals surface area contributed by atoms with Gasteiger partial charge in [-0.05, 0) is 55.0 Å². The summed E-state index contributed by atoms with van der Waals surface area (Å²) in [5, 5.41) is 6.49. The molecule has 2 N–H and O–H groups in total. The molecule has 0 radical (unpaired) electrons. The van der Waals surface area contributed by atoms with Crippen LogP contribution in [0.3, 0.4) is 0 Å². The highest BCUT2D eigenvalue weighted by Crippen LogP contribution is 2.19. The highest BCUT2D eigenvalue weighted by atomic mass is 16.5. The van der Waals surface area contributed by atoms with Crippen LogP contribution in [0, 0.1) is 0 Å². The molecule has 0 aliphatic rings. The van der Waals surface area contributed by atoms with E-state index in [0.717, 1.165) is 28.6 Å². The van der Waals surface area contributed by atoms with Crippen LogP contribution in [0.25, 0.3) is 0 Å². The lowest BCUT2D eigenvalue weighted by Gasteiger charge is -2.09. The first-order chi connectivity index (χ1) is 12.8. The molecule has 0 saturated carbocycles. The minimum absolute atomic E-state index is 0.536. The maximum absolute atomic E-state index is 5.44. The minimum atomic E-state index is 0.536. The van der Waals surface area contributed by atoms with Gasteiger partial charge in [-0.3, -0.25) is 0 Å². The highest BCUT2D eigenvalue weighted by Gasteiger charge is 2.02. The number of anilines is 3. The first-order valence-electron chi connectivity index (χ1n) is 8.46. The Hall–Kier alpha value is -3.28. The van der Waals surface area contributed by atoms with Crippen LogP contribution in [0.2, 0.25) is 0 Å². The fraction of sp³-hybridized carbons (Fsp3) is 0.200. The van der Waals surface area contributed by atoms with Crippen molar-refractivity contribution in [3.05, 3.63) is 66.4 Å². The molecule has 6 nitrogen and oxygen atoms in total. The summed E-state index contributed by atoms with van der Waals surface area (Å²) in [7, 11) is 1.66. The molecule has 0 saturated heterocycles. The molecule has 0 aliphatic carbocycles. The molecule has 26 heavy (non-hydrogen) atoms. The summed E-state index contributed by atoms with van der Waals surface area (Å²) in [4.78, 5) is 8.75. The van der Waals surface area contributed by atoms with Gasteiger partial charge >= 0.3 is 0 Å². The standard InChI is InChI=1S/C20H22N4O2/c1-3-26-18-10-6-16(7-11-18)23-20-21-13-12-19(24-20)22-14-15-4-8-17(25-2)9-5-15/h4-13H,3,14H2,1-2H3,(H2,21,22,23,24). The number of nitrogens with one attached hydrogen (secondary N) is 2. The second-order valence-corrected chi connectivity index (χ2v) is 5.55. The molecule has 2 aromatic carbocycles. The average molecular weight is 350 g/mol. The number of methoxy groups -OCH3 is 1. The minimum Gasteiger partial charge on any atom is -0.497 e. The maximum Gasteiger partial charge on any atom is 0.229 e. The number of rotatable bonds is 8. The second kappa shape index (κ2) is 8.71. The van der Waals surface area contributed by atoms with E-state index < -0.39 is 0 Å². The molecule has 1 heterocycles. The Kier molecular flexibility index (Phi) is 5.88. The molecule has 3 rings (SSSR count). The van der Waals surface area contributed by atoms with Gasteiger partial charge in [0.15, 0.2) is 0 Å². The van der Waals surface area contributed by atoms with Gasteiger partial charge in [-0.25, -0.2) is 4.98 Å². The third-order valence-electron chi connectivity index (χ3n) is 3.71. The summed E-state index contributed by atoms with van der Waals surface area (Å²) in [5.41, 5.74) is 2.05. The molecule has 0 bridgehead atoms. The van der Waals surface area contributed by atoms with Crippen LogP contribution in [0.5, 0.6) is 11.5 Å². The predicted molar refractivity (Wildman–Crippen MR) is 103 cm³/mol. The highest BCUT2D eigenvalue weighted by molar-refractivity contribution is 5.55. The number of hydrogen-bond acceptors (Lipinski definition) is 6. The van der Waals surface area contributed by atoms with E-state index in [-0.39, 0.29) is 0 Å². The predicted octanol–water partition coefficient (Wildman–Crippen LogP) is 4.24. The van der Waals surface area contributed by atoms with Crippen molar-refractivity contribution in [1.82, 2.24) is 9.97 Å². The molecule has 0 atom stereocenters. The molecular weight excluding hydrogens is 328 g/mol. The molecule has 0 amide bonds. The maximum atomic E-state index is 5.44. The smallest absolute Gasteiger partial charge is 0.229 e. The molecule has 0 aliphatic heterocycles. The molecule has 134 valence electrons. The lowest BCUT2D eigenvalue weighted by Crippen LogP contribution is -2.04. The van der Waals surface area contributed by atoms with Gasteiger partial charge in [-0.2, -0.15) is 4.98 Å². The van der Waals surface area contributed by atoms with Gasteiger partial charge in [0.2, 0.25) is 5.95 Å². The van der Waals surface area contributed by atoms with Gasteiger partial charge in [0.1, 0.15) is 17.3 Å². The third-order valence-corrected chi connectivity index (χ3v) is 3.71. The molecule has 3 aromatic rings. The van der Waals surface area contributed by atoms with Gasteiger partial charge in [0, 0.05) is 18.4 Å². The van der Waals surface area contributed by atoms with Gasteiger partial charge in [0.05, 0.1) is 13.7 Å². The van der Waals surface area contributed by atoms with Crippen LogP contribution < -0.4 is 20.1 Å². The monoisotopic (exact) mass is 350 g/mol. The summed E-state index contributed by atoms with van der Waals surface area (Å²) in [6.45, 7) is 3.28. The van der Waals surface area contributed by atoms with E-state index in [2.05, 4.69) is 20.6 Å². The SMILES string of the molecule is CCOc1ccc(Nc2nccc(NCc3ccc(OC)cc3)n2)cc1. The zero-order chi connectivity index (χ0) is 18.2. The second-order valence-electron chi connectivity index (χ2n) is 5.55. The number of ether oxygens (including phenoxy) is 2. The van der Waals surface area contributed by atoms with Crippen LogP contribution >= 0.6 is 0 Å². The van der Waals surface area contributed by atoms with Crippen molar-refractivity contribution in [3.8, 4) is 11.5 Å². The number of aromatic nitrogens is 2. The zero-order valence-electron chi connectivity index (χ0n) is 14.9. The summed E-state index contributed by atoms with van der Waals surface area (Å²) in [6, 6.07) is 17.5. The summed E-state index contributed by atoms with van der Waals surface area (Å²) < 4.78 is 10.6. The van der Waals surface area contributed by atoms with Crippen molar-refractivity contribution in [1.29, 1.82) is 0 Å². The fourth-order valence-corrected chi connectivity index (χ4v) is 2.38. The van der Waals surface area contributed by atoms with E-state index in [9.17, 15) is 0 Å². The van der Waals surface area contributed by atoms with E-state index in [1.54, 1.807) is 13.3 Å². The fourth-order valence-electron chi connectivity index (χ4n) is 2.38. The van der Waals surface area contributed by atoms with Crippen molar-refractivity contribution in [2.45, 2.75) is 13.5 Å². The third kappa shape index (κ3) is 4.86. The Morgan fingerprint density at radius 2 is 1.65 bits per heavy atom. The van der Waals surface area contributed by atoms with Crippen molar-refractivity contribution in [2.75, 3.05) is 24.4 Å². The Bertz CT molecular complexity index is 820. The lowest BCUT2D eigenvalue weighted by molar-refractivity contribution is 0.340. The van der Waals surface area contributed by atoms with E-state index in [0.29, 0.717) is 19.1 Å². The Morgan fingerprint density at radius 3 is 2.35 bits per heavy atom. The Labute approximate surface area is 153 Å². The topological polar surface area (TPSA) is 68.3 Å². The molecule has 1 aromatic heterocycles. The van der Waals surface area contributed by atoms with Crippen LogP contribution in [-0.2, 0) is 6.54 Å². The van der Waals surface area contributed by atoms with Gasteiger partial charge in [0.25, 0.3) is 0 Å². The van der Waals surface area contributed by atoms with E-state index in [1.165, 1.54) is 0 Å². The lowest BCUT2D eigenvalue weighted by atomic mass is 10.2. The normalized spacial score (nSPS) is 10.2. The van der Waals surface area contributed by atoms with Crippen molar-refractivity contribution < 1.29 is 9.47 Å². The summed E-state index contributed by atoms with van der Waals surface area (Å²) in [6.07, 6.45) is 1.72. The van der Waals surface area contributed by atoms with Crippen LogP contribution in [0.1, 0.15) is 12.5 Å². The number of nitrogens with zero attached hydrogens (tertiary/aromatic N) is 2. The largest absolute Gasteiger partial charge is 0.497 e. The van der Waals surface area contributed by atoms with E-state index in [4.69, 9.17) is 9.47 Å². The van der Waals surface area contributed by atoms with Gasteiger partial charge < -0.3 is 20.1 Å². The van der Waals surface area contributed by atoms with E-state index in [1.807, 2.05) is 61.5 Å². The van der Waals surface area contributed by atoms with Crippen LogP contribution in [0.15, 0.2) is 60.8 Å². The van der Waals surface area contributed by atoms with Crippen LogP contribution in [0.4, 0.5) is 17.5 Å². The van der Waals surface area contributed by atoms with Crippen LogP contribution in [-0.4, -0.2) is 23.7 Å². The molecular formula is C20H22N4O2. The van der Waals surface area contributed by atoms with Crippen molar-refractivity contribution >= 4 is 17.5 Å². The zero-order valence-corrected chi connectivity index (χ0v) is 14.9. The molecule has 0 spiro atoms. The van der Waals surface area contributed by atoms with Crippen molar-refractivity contribution in [3.63, 3.8) is 0 Å². The number of benzene rings is 2. The molecule has 0 fully saturated rings. The molecule has 6 heteroatoms. The summed E-state index contributed by atoms with van der Waals surface area (Å²) in [5.74, 6) is 2.98. The van der Waals surface area contributed by atoms with Crippen molar-refractivity contribution in [2.24, 2.45) is 0 Å².